The highest BCUT2D eigenvalue weighted by molar-refractivity contribution is 7.89. The molecule has 9 nitrogen and oxygen atoms in total. The number of aryl methyl sites for hydroxylation is 1. The molecule has 0 aliphatic carbocycles. The van der Waals surface area contributed by atoms with Crippen LogP contribution in [0.5, 0.6) is 0 Å². The fourth-order valence-corrected chi connectivity index (χ4v) is 5.85. The molecule has 1 amide bonds. The molecular weight excluding hydrogens is 478 g/mol. The monoisotopic (exact) mass is 511 g/mol. The Morgan fingerprint density at radius 2 is 1.92 bits per heavy atom. The van der Waals surface area contributed by atoms with Gasteiger partial charge in [-0.15, -0.1) is 0 Å². The topological polar surface area (TPSA) is 106 Å². The Balaban J connectivity index is 1.72. The Labute approximate surface area is 211 Å². The fraction of sp³-hybridized carbons (Fsp3) is 0.500. The second-order valence-corrected chi connectivity index (χ2v) is 12.3. The molecule has 192 valence electrons. The van der Waals surface area contributed by atoms with Crippen LogP contribution in [0.2, 0.25) is 0 Å². The second kappa shape index (κ2) is 9.15. The number of hydrogen-bond donors (Lipinski definition) is 1. The first-order valence-corrected chi connectivity index (χ1v) is 14.3. The maximum Gasteiger partial charge on any atom is 0.283 e. The maximum absolute atomic E-state index is 13.0. The summed E-state index contributed by atoms with van der Waals surface area (Å²) in [5, 5.41) is 5.88. The average Bonchev–Trinajstić information content (AvgIpc) is 3.40. The van der Waals surface area contributed by atoms with Gasteiger partial charge < -0.3 is 9.64 Å². The Kier molecular flexibility index (Phi) is 6.28. The highest BCUT2D eigenvalue weighted by Gasteiger charge is 2.40. The van der Waals surface area contributed by atoms with Crippen LogP contribution >= 0.6 is 0 Å². The van der Waals surface area contributed by atoms with E-state index in [2.05, 4.69) is 28.5 Å². The number of nitrogens with zero attached hydrogens (tertiary/aromatic N) is 4. The third kappa shape index (κ3) is 4.71. The largest absolute Gasteiger partial charge is 0.381 e. The molecule has 1 N–H and O–H groups in total. The Morgan fingerprint density at radius 3 is 2.58 bits per heavy atom. The van der Waals surface area contributed by atoms with Crippen LogP contribution in [-0.2, 0) is 14.8 Å². The molecule has 0 radical (unpaired) electrons. The quantitative estimate of drug-likeness (QED) is 0.558. The molecule has 1 spiro atoms. The van der Waals surface area contributed by atoms with Gasteiger partial charge in [0.05, 0.1) is 28.7 Å². The average molecular weight is 512 g/mol. The van der Waals surface area contributed by atoms with Gasteiger partial charge in [-0.3, -0.25) is 4.79 Å². The minimum Gasteiger partial charge on any atom is -0.381 e. The third-order valence-corrected chi connectivity index (χ3v) is 7.84. The van der Waals surface area contributed by atoms with Crippen LogP contribution in [0.3, 0.4) is 0 Å². The summed E-state index contributed by atoms with van der Waals surface area (Å²) in [6.45, 7) is 9.45. The van der Waals surface area contributed by atoms with Crippen molar-refractivity contribution < 1.29 is 17.9 Å². The van der Waals surface area contributed by atoms with Crippen molar-refractivity contribution >= 4 is 32.7 Å². The van der Waals surface area contributed by atoms with Crippen molar-refractivity contribution in [1.29, 1.82) is 0 Å². The summed E-state index contributed by atoms with van der Waals surface area (Å²) < 4.78 is 33.2. The lowest BCUT2D eigenvalue weighted by molar-refractivity contribution is 0.0254. The molecule has 4 heterocycles. The number of carbonyl (C=O) groups is 1. The number of hydrogen-bond acceptors (Lipinski definition) is 7. The van der Waals surface area contributed by atoms with Crippen LogP contribution in [0.1, 0.15) is 60.8 Å². The molecule has 0 saturated carbocycles. The minimum atomic E-state index is -3.74. The van der Waals surface area contributed by atoms with Crippen LogP contribution in [0.4, 0.5) is 5.69 Å². The van der Waals surface area contributed by atoms with E-state index >= 15 is 0 Å². The number of sulfonamides is 1. The van der Waals surface area contributed by atoms with Gasteiger partial charge in [-0.25, -0.2) is 22.8 Å². The van der Waals surface area contributed by atoms with Crippen molar-refractivity contribution in [2.75, 3.05) is 37.5 Å². The first kappa shape index (κ1) is 24.7. The van der Waals surface area contributed by atoms with Gasteiger partial charge in [-0.05, 0) is 61.3 Å². The van der Waals surface area contributed by atoms with Gasteiger partial charge in [-0.2, -0.15) is 5.10 Å². The van der Waals surface area contributed by atoms with Crippen LogP contribution in [0.15, 0.2) is 30.3 Å². The van der Waals surface area contributed by atoms with Gasteiger partial charge in [-0.1, -0.05) is 26.0 Å². The van der Waals surface area contributed by atoms with Crippen LogP contribution in [0, 0.1) is 12.3 Å². The van der Waals surface area contributed by atoms with E-state index < -0.39 is 15.9 Å². The van der Waals surface area contributed by atoms with Crippen molar-refractivity contribution in [3.8, 4) is 5.69 Å². The molecule has 0 atom stereocenters. The van der Waals surface area contributed by atoms with Crippen LogP contribution in [0.25, 0.3) is 16.7 Å². The van der Waals surface area contributed by atoms with Gasteiger partial charge in [0.1, 0.15) is 5.69 Å². The first-order valence-electron chi connectivity index (χ1n) is 12.4. The third-order valence-electron chi connectivity index (χ3n) is 7.28. The molecule has 0 bridgehead atoms. The van der Waals surface area contributed by atoms with Gasteiger partial charge in [0.2, 0.25) is 10.0 Å². The van der Waals surface area contributed by atoms with Gasteiger partial charge in [0.25, 0.3) is 5.91 Å². The summed E-state index contributed by atoms with van der Waals surface area (Å²) >= 11 is 0. The summed E-state index contributed by atoms with van der Waals surface area (Å²) in [4.78, 5) is 20.0. The summed E-state index contributed by atoms with van der Waals surface area (Å²) in [7, 11) is -3.74. The van der Waals surface area contributed by atoms with Crippen molar-refractivity contribution in [1.82, 2.24) is 19.5 Å². The molecule has 1 aromatic carbocycles. The summed E-state index contributed by atoms with van der Waals surface area (Å²) in [5.74, 6) is -0.627. The second-order valence-electron chi connectivity index (χ2n) is 10.5. The zero-order valence-electron chi connectivity index (χ0n) is 21.2. The smallest absolute Gasteiger partial charge is 0.283 e. The van der Waals surface area contributed by atoms with Crippen LogP contribution in [-0.4, -0.2) is 61.6 Å². The van der Waals surface area contributed by atoms with Gasteiger partial charge in [0, 0.05) is 26.3 Å². The van der Waals surface area contributed by atoms with Crippen molar-refractivity contribution in [2.45, 2.75) is 46.0 Å². The fourth-order valence-electron chi connectivity index (χ4n) is 5.41. The number of pyridine rings is 1. The van der Waals surface area contributed by atoms with E-state index in [1.807, 2.05) is 31.2 Å². The number of rotatable bonds is 5. The number of carbonyl (C=O) groups excluding carboxylic acids is 1. The molecule has 2 aromatic heterocycles. The maximum atomic E-state index is 13.0. The first-order chi connectivity index (χ1) is 17.1. The van der Waals surface area contributed by atoms with E-state index in [0.29, 0.717) is 5.65 Å². The summed E-state index contributed by atoms with van der Waals surface area (Å²) in [6.07, 6.45) is 4.04. The van der Waals surface area contributed by atoms with E-state index in [4.69, 9.17) is 9.84 Å². The number of ether oxygens (including phenoxy) is 1. The molecule has 5 rings (SSSR count). The Morgan fingerprint density at radius 1 is 1.17 bits per heavy atom. The number of benzene rings is 1. The predicted octanol–water partition coefficient (Wildman–Crippen LogP) is 3.55. The number of anilines is 1. The van der Waals surface area contributed by atoms with E-state index in [9.17, 15) is 13.2 Å². The number of fused-ring (bicyclic) bond motifs is 1. The summed E-state index contributed by atoms with van der Waals surface area (Å²) in [6, 6.07) is 9.69. The summed E-state index contributed by atoms with van der Waals surface area (Å²) in [5.41, 5.74) is 4.49. The Bertz CT molecular complexity index is 1420. The Hall–Kier alpha value is -2.98. The van der Waals surface area contributed by atoms with Gasteiger partial charge >= 0.3 is 0 Å². The van der Waals surface area contributed by atoms with Gasteiger partial charge in [0.15, 0.2) is 5.65 Å². The predicted molar refractivity (Wildman–Crippen MR) is 139 cm³/mol. The van der Waals surface area contributed by atoms with E-state index in [-0.39, 0.29) is 17.0 Å². The SMILES string of the molecule is Cc1cccc(-n2nc(C(C)C)c3c(N4CCC5(CCOCC5)C4)cc(C(=O)NS(C)(=O)=O)nc32)c1. The molecule has 10 heteroatoms. The molecule has 3 aromatic rings. The van der Waals surface area contributed by atoms with Crippen LogP contribution < -0.4 is 9.62 Å². The molecule has 2 aliphatic heterocycles. The molecule has 2 aliphatic rings. The number of nitrogens with one attached hydrogen (secondary N) is 1. The number of amides is 1. The van der Waals surface area contributed by atoms with E-state index in [1.54, 1.807) is 10.7 Å². The minimum absolute atomic E-state index is 0.0555. The zero-order chi connectivity index (χ0) is 25.7. The molecular formula is C26H33N5O4S. The van der Waals surface area contributed by atoms with Crippen molar-refractivity contribution in [3.63, 3.8) is 0 Å². The standard InChI is InChI=1S/C26H33N5O4S/c1-17(2)23-22-21(30-11-8-26(16-30)9-12-35-13-10-26)15-20(25(32)29-36(4,33)34)27-24(22)31(28-23)19-7-5-6-18(3)14-19/h5-7,14-15,17H,8-13,16H2,1-4H3,(H,29,32). The highest BCUT2D eigenvalue weighted by Crippen LogP contribution is 2.44. The molecule has 0 unspecified atom stereocenters. The van der Waals surface area contributed by atoms with E-state index in [0.717, 1.165) is 79.8 Å². The number of aromatic nitrogens is 3. The molecule has 2 saturated heterocycles. The molecule has 36 heavy (non-hydrogen) atoms. The lowest BCUT2D eigenvalue weighted by Gasteiger charge is -2.33. The van der Waals surface area contributed by atoms with E-state index in [1.165, 1.54) is 0 Å². The normalized spacial score (nSPS) is 17.9. The lowest BCUT2D eigenvalue weighted by atomic mass is 9.80. The zero-order valence-corrected chi connectivity index (χ0v) is 22.1. The highest BCUT2D eigenvalue weighted by atomic mass is 32.2. The van der Waals surface area contributed by atoms with Crippen molar-refractivity contribution in [3.05, 3.63) is 47.3 Å². The van der Waals surface area contributed by atoms with Crippen molar-refractivity contribution in [2.24, 2.45) is 5.41 Å². The molecule has 2 fully saturated rings. The lowest BCUT2D eigenvalue weighted by Crippen LogP contribution is -2.33.